The molecule has 3 N–H and O–H groups in total. The summed E-state index contributed by atoms with van der Waals surface area (Å²) in [5.41, 5.74) is 8.93. The van der Waals surface area contributed by atoms with Crippen LogP contribution in [0.1, 0.15) is 11.9 Å². The zero-order chi connectivity index (χ0) is 13.7. The van der Waals surface area contributed by atoms with Crippen LogP contribution in [0.5, 0.6) is 0 Å². The summed E-state index contributed by atoms with van der Waals surface area (Å²) in [5.74, 6) is 1.11. The molecule has 0 unspecified atom stereocenters. The Balaban J connectivity index is 2.01. The lowest BCUT2D eigenvalue weighted by molar-refractivity contribution is 0.583. The van der Waals surface area contributed by atoms with Crippen molar-refractivity contribution < 1.29 is 0 Å². The van der Waals surface area contributed by atoms with Gasteiger partial charge in [0.2, 0.25) is 5.95 Å². The topological polar surface area (TPSA) is 73.2 Å². The van der Waals surface area contributed by atoms with Gasteiger partial charge in [0.05, 0.1) is 16.7 Å². The molecule has 6 heteroatoms. The summed E-state index contributed by atoms with van der Waals surface area (Å²) in [4.78, 5) is 9.11. The van der Waals surface area contributed by atoms with Gasteiger partial charge in [0.1, 0.15) is 0 Å². The number of hydrogen-bond acceptors (Lipinski definition) is 4. The van der Waals surface area contributed by atoms with Gasteiger partial charge in [-0.15, -0.1) is 0 Å². The highest BCUT2D eigenvalue weighted by molar-refractivity contribution is 5.94. The maximum atomic E-state index is 5.89. The van der Waals surface area contributed by atoms with Crippen LogP contribution in [0.2, 0.25) is 0 Å². The summed E-state index contributed by atoms with van der Waals surface area (Å²) in [6.07, 6.45) is 1.81. The first-order valence-electron chi connectivity index (χ1n) is 6.42. The van der Waals surface area contributed by atoms with Crippen LogP contribution in [0.3, 0.4) is 0 Å². The molecule has 6 nitrogen and oxygen atoms in total. The van der Waals surface area contributed by atoms with E-state index in [1.807, 2.05) is 54.2 Å². The van der Waals surface area contributed by atoms with E-state index in [0.717, 1.165) is 22.7 Å². The lowest BCUT2D eigenvalue weighted by Gasteiger charge is -2.24. The van der Waals surface area contributed by atoms with E-state index in [0.29, 0.717) is 5.96 Å². The highest BCUT2D eigenvalue weighted by Crippen LogP contribution is 2.31. The molecular formula is C14H14N6. The smallest absolute Gasteiger partial charge is 0.212 e. The van der Waals surface area contributed by atoms with Crippen molar-refractivity contribution in [2.45, 2.75) is 6.17 Å². The summed E-state index contributed by atoms with van der Waals surface area (Å²) >= 11 is 0. The van der Waals surface area contributed by atoms with Crippen LogP contribution in [-0.4, -0.2) is 20.1 Å². The molecule has 0 radical (unpaired) electrons. The Labute approximate surface area is 115 Å². The van der Waals surface area contributed by atoms with Crippen LogP contribution in [0.25, 0.3) is 11.0 Å². The molecule has 1 aromatic carbocycles. The van der Waals surface area contributed by atoms with Crippen molar-refractivity contribution in [2.24, 2.45) is 17.8 Å². The number of fused-ring (bicyclic) bond motifs is 3. The van der Waals surface area contributed by atoms with Crippen LogP contribution in [-0.2, 0) is 7.05 Å². The van der Waals surface area contributed by atoms with Gasteiger partial charge in [-0.25, -0.2) is 9.98 Å². The number of anilines is 1. The number of hydrogen-bond donors (Lipinski definition) is 2. The van der Waals surface area contributed by atoms with Gasteiger partial charge in [-0.1, -0.05) is 12.1 Å². The monoisotopic (exact) mass is 266 g/mol. The minimum absolute atomic E-state index is 0.196. The molecule has 0 bridgehead atoms. The number of benzene rings is 1. The van der Waals surface area contributed by atoms with Crippen molar-refractivity contribution in [1.29, 1.82) is 0 Å². The zero-order valence-electron chi connectivity index (χ0n) is 11.0. The molecule has 0 amide bonds. The lowest BCUT2D eigenvalue weighted by Crippen LogP contribution is -2.32. The SMILES string of the molecule is Cn1cccc1[C@@H]1N=C(N)Nc2nc3ccccc3n21. The Hall–Kier alpha value is -2.76. The molecule has 1 aliphatic rings. The summed E-state index contributed by atoms with van der Waals surface area (Å²) < 4.78 is 4.12. The van der Waals surface area contributed by atoms with E-state index in [1.54, 1.807) is 0 Å². The first-order chi connectivity index (χ1) is 9.74. The van der Waals surface area contributed by atoms with E-state index in [1.165, 1.54) is 0 Å². The number of para-hydroxylation sites is 2. The molecule has 20 heavy (non-hydrogen) atoms. The highest BCUT2D eigenvalue weighted by atomic mass is 15.4. The summed E-state index contributed by atoms with van der Waals surface area (Å²) in [6.45, 7) is 0. The molecule has 0 fully saturated rings. The minimum Gasteiger partial charge on any atom is -0.370 e. The molecule has 1 atom stereocenters. The Morgan fingerprint density at radius 1 is 1.20 bits per heavy atom. The first-order valence-corrected chi connectivity index (χ1v) is 6.42. The van der Waals surface area contributed by atoms with E-state index < -0.39 is 0 Å². The zero-order valence-corrected chi connectivity index (χ0v) is 11.0. The average Bonchev–Trinajstić information content (AvgIpc) is 3.00. The van der Waals surface area contributed by atoms with Gasteiger partial charge in [-0.3, -0.25) is 9.88 Å². The standard InChI is InChI=1S/C14H14N6/c1-19-8-4-7-11(19)12-17-13(15)18-14-16-9-5-2-3-6-10(9)20(12)14/h2-8,12H,1H3,(H3,15,16,17,18)/t12-/m1/s1. The van der Waals surface area contributed by atoms with E-state index in [2.05, 4.69) is 19.9 Å². The fourth-order valence-corrected chi connectivity index (χ4v) is 2.66. The van der Waals surface area contributed by atoms with Gasteiger partial charge >= 0.3 is 0 Å². The number of aliphatic imine (C=N–C) groups is 1. The maximum Gasteiger partial charge on any atom is 0.212 e. The molecule has 1 aliphatic heterocycles. The second kappa shape index (κ2) is 3.86. The summed E-state index contributed by atoms with van der Waals surface area (Å²) in [7, 11) is 2.00. The number of rotatable bonds is 1. The van der Waals surface area contributed by atoms with Crippen molar-refractivity contribution >= 4 is 22.9 Å². The Bertz CT molecular complexity index is 825. The molecule has 2 aromatic heterocycles. The number of nitrogens with one attached hydrogen (secondary N) is 1. The fraction of sp³-hybridized carbons (Fsp3) is 0.143. The number of nitrogens with two attached hydrogens (primary N) is 1. The third-order valence-electron chi connectivity index (χ3n) is 3.59. The molecule has 3 heterocycles. The van der Waals surface area contributed by atoms with Crippen molar-refractivity contribution in [3.63, 3.8) is 0 Å². The molecule has 0 saturated heterocycles. The van der Waals surface area contributed by atoms with E-state index in [4.69, 9.17) is 5.73 Å². The van der Waals surface area contributed by atoms with Gasteiger partial charge in [-0.2, -0.15) is 0 Å². The number of aromatic nitrogens is 3. The summed E-state index contributed by atoms with van der Waals surface area (Å²) in [5, 5.41) is 3.03. The second-order valence-corrected chi connectivity index (χ2v) is 4.85. The van der Waals surface area contributed by atoms with Crippen molar-refractivity contribution in [2.75, 3.05) is 5.32 Å². The molecule has 4 rings (SSSR count). The van der Waals surface area contributed by atoms with E-state index in [-0.39, 0.29) is 6.17 Å². The van der Waals surface area contributed by atoms with Crippen LogP contribution in [0.15, 0.2) is 47.6 Å². The maximum absolute atomic E-state index is 5.89. The Morgan fingerprint density at radius 3 is 2.85 bits per heavy atom. The number of imidazole rings is 1. The average molecular weight is 266 g/mol. The number of nitrogens with zero attached hydrogens (tertiary/aromatic N) is 4. The molecule has 100 valence electrons. The minimum atomic E-state index is -0.196. The van der Waals surface area contributed by atoms with Crippen LogP contribution in [0.4, 0.5) is 5.95 Å². The van der Waals surface area contributed by atoms with Gasteiger partial charge in [0.25, 0.3) is 0 Å². The Kier molecular flexibility index (Phi) is 2.14. The van der Waals surface area contributed by atoms with Crippen molar-refractivity contribution in [3.8, 4) is 0 Å². The quantitative estimate of drug-likeness (QED) is 0.703. The lowest BCUT2D eigenvalue weighted by atomic mass is 10.3. The van der Waals surface area contributed by atoms with Crippen molar-refractivity contribution in [3.05, 3.63) is 48.3 Å². The van der Waals surface area contributed by atoms with Gasteiger partial charge in [-0.05, 0) is 24.3 Å². The number of guanidine groups is 1. The van der Waals surface area contributed by atoms with Gasteiger partial charge in [0, 0.05) is 13.2 Å². The largest absolute Gasteiger partial charge is 0.370 e. The molecular weight excluding hydrogens is 252 g/mol. The summed E-state index contributed by atoms with van der Waals surface area (Å²) in [6, 6.07) is 12.1. The van der Waals surface area contributed by atoms with Crippen LogP contribution >= 0.6 is 0 Å². The molecule has 0 saturated carbocycles. The van der Waals surface area contributed by atoms with E-state index >= 15 is 0 Å². The predicted octanol–water partition coefficient (Wildman–Crippen LogP) is 1.66. The van der Waals surface area contributed by atoms with Gasteiger partial charge < -0.3 is 10.3 Å². The van der Waals surface area contributed by atoms with Gasteiger partial charge in [0.15, 0.2) is 12.1 Å². The highest BCUT2D eigenvalue weighted by Gasteiger charge is 2.26. The second-order valence-electron chi connectivity index (χ2n) is 4.85. The molecule has 0 aliphatic carbocycles. The first kappa shape index (κ1) is 11.1. The van der Waals surface area contributed by atoms with Crippen LogP contribution in [0, 0.1) is 0 Å². The fourth-order valence-electron chi connectivity index (χ4n) is 2.66. The van der Waals surface area contributed by atoms with E-state index in [9.17, 15) is 0 Å². The normalized spacial score (nSPS) is 17.6. The predicted molar refractivity (Wildman–Crippen MR) is 78.5 cm³/mol. The van der Waals surface area contributed by atoms with Crippen molar-refractivity contribution in [1.82, 2.24) is 14.1 Å². The molecule has 0 spiro atoms. The Morgan fingerprint density at radius 2 is 2.05 bits per heavy atom. The number of aryl methyl sites for hydroxylation is 1. The van der Waals surface area contributed by atoms with Crippen LogP contribution < -0.4 is 11.1 Å². The third-order valence-corrected chi connectivity index (χ3v) is 3.59. The molecule has 3 aromatic rings. The third kappa shape index (κ3) is 1.45.